The second kappa shape index (κ2) is 10.5. The molecule has 1 heterocycles. The van der Waals surface area contributed by atoms with E-state index in [1.165, 1.54) is 42.6 Å². The summed E-state index contributed by atoms with van der Waals surface area (Å²) in [6.07, 6.45) is -3.53. The maximum absolute atomic E-state index is 13.6. The maximum atomic E-state index is 13.6. The number of nitrogens with two attached hydrogens (primary N) is 1. The molecule has 0 aliphatic carbocycles. The number of benzene rings is 2. The molecule has 0 saturated carbocycles. The van der Waals surface area contributed by atoms with Crippen molar-refractivity contribution in [2.75, 3.05) is 23.8 Å². The van der Waals surface area contributed by atoms with Crippen LogP contribution in [0.15, 0.2) is 60.8 Å². The second-order valence-electron chi connectivity index (χ2n) is 6.70. The van der Waals surface area contributed by atoms with E-state index in [0.29, 0.717) is 0 Å². The second-order valence-corrected chi connectivity index (χ2v) is 6.70. The number of aromatic carboxylic acids is 1. The van der Waals surface area contributed by atoms with Crippen molar-refractivity contribution in [3.63, 3.8) is 0 Å². The smallest absolute Gasteiger partial charge is 0.421 e. The molecule has 0 spiro atoms. The number of alkyl halides is 3. The number of carboxylic acid groups (broad SMARTS) is 1. The number of carboxylic acids is 1. The fourth-order valence-corrected chi connectivity index (χ4v) is 2.87. The molecule has 3 aromatic rings. The third-order valence-electron chi connectivity index (χ3n) is 4.21. The number of anilines is 2. The Balaban J connectivity index is 1.75. The minimum absolute atomic E-state index is 0.0188. The molecule has 0 aliphatic rings. The fraction of sp³-hybridized carbons (Fsp3) is 0.136. The highest BCUT2D eigenvalue weighted by Crippen LogP contribution is 2.41. The average Bonchev–Trinajstić information content (AvgIpc) is 2.77. The summed E-state index contributed by atoms with van der Waals surface area (Å²) in [6, 6.07) is 11.3. The van der Waals surface area contributed by atoms with Gasteiger partial charge in [-0.15, -0.1) is 0 Å². The molecule has 0 saturated heterocycles. The zero-order valence-electron chi connectivity index (χ0n) is 17.4. The van der Waals surface area contributed by atoms with Crippen molar-refractivity contribution < 1.29 is 37.3 Å². The summed E-state index contributed by atoms with van der Waals surface area (Å²) >= 11 is 0. The normalized spacial score (nSPS) is 10.9. The molecule has 9 nitrogen and oxygen atoms in total. The summed E-state index contributed by atoms with van der Waals surface area (Å²) < 4.78 is 51.5. The molecule has 0 bridgehead atoms. The first-order valence-corrected chi connectivity index (χ1v) is 9.75. The first-order valence-electron chi connectivity index (χ1n) is 9.75. The number of aromatic nitrogens is 1. The highest BCUT2D eigenvalue weighted by molar-refractivity contribution is 6.00. The van der Waals surface area contributed by atoms with Gasteiger partial charge in [0.25, 0.3) is 0 Å². The largest absolute Gasteiger partial charge is 0.492 e. The van der Waals surface area contributed by atoms with Crippen molar-refractivity contribution in [1.29, 1.82) is 0 Å². The number of rotatable bonds is 8. The Morgan fingerprint density at radius 3 is 2.47 bits per heavy atom. The third-order valence-corrected chi connectivity index (χ3v) is 4.21. The molecule has 0 atom stereocenters. The number of nitrogens with zero attached hydrogens (tertiary/aromatic N) is 1. The van der Waals surface area contributed by atoms with E-state index < -0.39 is 35.2 Å². The van der Waals surface area contributed by atoms with E-state index in [0.717, 1.165) is 12.1 Å². The van der Waals surface area contributed by atoms with Crippen molar-refractivity contribution in [2.45, 2.75) is 6.18 Å². The molecule has 5 N–H and O–H groups in total. The topological polar surface area (TPSA) is 136 Å². The molecule has 0 aliphatic heterocycles. The van der Waals surface area contributed by atoms with E-state index in [1.807, 2.05) is 0 Å². The predicted molar refractivity (Wildman–Crippen MR) is 116 cm³/mol. The van der Waals surface area contributed by atoms with Crippen molar-refractivity contribution >= 4 is 23.4 Å². The first-order chi connectivity index (χ1) is 16.2. The van der Waals surface area contributed by atoms with Crippen LogP contribution in [0.3, 0.4) is 0 Å². The maximum Gasteiger partial charge on any atom is 0.421 e. The quantitative estimate of drug-likeness (QED) is 0.374. The van der Waals surface area contributed by atoms with Gasteiger partial charge in [-0.1, -0.05) is 12.1 Å². The van der Waals surface area contributed by atoms with Gasteiger partial charge in [-0.25, -0.2) is 14.6 Å². The summed E-state index contributed by atoms with van der Waals surface area (Å²) in [7, 11) is 0. The van der Waals surface area contributed by atoms with Crippen molar-refractivity contribution in [2.24, 2.45) is 5.73 Å². The Bertz CT molecular complexity index is 1190. The van der Waals surface area contributed by atoms with Gasteiger partial charge < -0.3 is 30.9 Å². The average molecular weight is 476 g/mol. The molecular weight excluding hydrogens is 457 g/mol. The SMILES string of the molecule is NCCOc1cccc(NC(=O)Nc2cccc(Oc3ccnc(C(=O)O)c3)c2)c1C(F)(F)F. The van der Waals surface area contributed by atoms with E-state index in [2.05, 4.69) is 15.6 Å². The first kappa shape index (κ1) is 24.3. The number of carbonyl (C=O) groups is 2. The zero-order valence-corrected chi connectivity index (χ0v) is 17.4. The van der Waals surface area contributed by atoms with Crippen LogP contribution in [0.4, 0.5) is 29.3 Å². The predicted octanol–water partition coefficient (Wildman–Crippen LogP) is 4.57. The van der Waals surface area contributed by atoms with Crippen LogP contribution in [0.25, 0.3) is 0 Å². The number of urea groups is 1. The summed E-state index contributed by atoms with van der Waals surface area (Å²) in [5.74, 6) is -1.25. The lowest BCUT2D eigenvalue weighted by molar-refractivity contribution is -0.138. The third kappa shape index (κ3) is 6.36. The minimum Gasteiger partial charge on any atom is -0.492 e. The fourth-order valence-electron chi connectivity index (χ4n) is 2.87. The molecule has 12 heteroatoms. The van der Waals surface area contributed by atoms with Crippen LogP contribution in [-0.2, 0) is 6.18 Å². The number of halogens is 3. The lowest BCUT2D eigenvalue weighted by atomic mass is 10.1. The number of carbonyl (C=O) groups excluding carboxylic acids is 1. The van der Waals surface area contributed by atoms with Crippen molar-refractivity contribution in [3.8, 4) is 17.2 Å². The number of ether oxygens (including phenoxy) is 2. The summed E-state index contributed by atoms with van der Waals surface area (Å²) in [4.78, 5) is 27.1. The summed E-state index contributed by atoms with van der Waals surface area (Å²) in [5.41, 5.74) is 3.66. The molecule has 0 fully saturated rings. The van der Waals surface area contributed by atoms with Crippen LogP contribution in [0.2, 0.25) is 0 Å². The Kier molecular flexibility index (Phi) is 7.53. The minimum atomic E-state index is -4.79. The van der Waals surface area contributed by atoms with Gasteiger partial charge in [0.05, 0.1) is 5.69 Å². The van der Waals surface area contributed by atoms with Gasteiger partial charge in [-0.2, -0.15) is 13.2 Å². The molecule has 3 rings (SSSR count). The van der Waals surface area contributed by atoms with Crippen LogP contribution in [0.5, 0.6) is 17.2 Å². The van der Waals surface area contributed by atoms with Gasteiger partial charge >= 0.3 is 18.2 Å². The zero-order chi connectivity index (χ0) is 24.7. The monoisotopic (exact) mass is 476 g/mol. The standard InChI is InChI=1S/C22H19F3N4O5/c23-22(24,25)19-16(5-2-6-18(19)33-10-8-26)29-21(32)28-13-3-1-4-14(11-13)34-15-7-9-27-17(12-15)20(30)31/h1-7,9,11-12H,8,10,26H2,(H,30,31)(H2,28,29,32). The summed E-state index contributed by atoms with van der Waals surface area (Å²) in [6.45, 7) is -0.109. The molecule has 0 radical (unpaired) electrons. The van der Waals surface area contributed by atoms with E-state index in [4.69, 9.17) is 20.3 Å². The number of amides is 2. The number of pyridine rings is 1. The van der Waals surface area contributed by atoms with Gasteiger partial charge in [-0.05, 0) is 30.3 Å². The van der Waals surface area contributed by atoms with E-state index >= 15 is 0 Å². The van der Waals surface area contributed by atoms with Gasteiger partial charge in [-0.3, -0.25) is 0 Å². The van der Waals surface area contributed by atoms with E-state index in [9.17, 15) is 22.8 Å². The Morgan fingerprint density at radius 2 is 1.76 bits per heavy atom. The molecule has 178 valence electrons. The van der Waals surface area contributed by atoms with Crippen molar-refractivity contribution in [1.82, 2.24) is 4.98 Å². The molecule has 0 unspecified atom stereocenters. The van der Waals surface area contributed by atoms with Crippen LogP contribution >= 0.6 is 0 Å². The highest BCUT2D eigenvalue weighted by Gasteiger charge is 2.37. The van der Waals surface area contributed by atoms with Crippen LogP contribution in [0.1, 0.15) is 16.1 Å². The lowest BCUT2D eigenvalue weighted by Gasteiger charge is -2.18. The van der Waals surface area contributed by atoms with Crippen LogP contribution in [-0.4, -0.2) is 35.2 Å². The molecule has 2 aromatic carbocycles. The van der Waals surface area contributed by atoms with Gasteiger partial charge in [0.15, 0.2) is 5.69 Å². The van der Waals surface area contributed by atoms with Crippen molar-refractivity contribution in [3.05, 3.63) is 72.1 Å². The Hall–Kier alpha value is -4.32. The Morgan fingerprint density at radius 1 is 1.03 bits per heavy atom. The Labute approximate surface area is 191 Å². The van der Waals surface area contributed by atoms with Gasteiger partial charge in [0, 0.05) is 30.6 Å². The van der Waals surface area contributed by atoms with Crippen LogP contribution < -0.4 is 25.8 Å². The molecule has 1 aromatic heterocycles. The van der Waals surface area contributed by atoms with Gasteiger partial charge in [0.2, 0.25) is 0 Å². The molecule has 2 amide bonds. The number of hydrogen-bond donors (Lipinski definition) is 4. The van der Waals surface area contributed by atoms with E-state index in [1.54, 1.807) is 6.07 Å². The number of nitrogens with one attached hydrogen (secondary N) is 2. The van der Waals surface area contributed by atoms with Gasteiger partial charge in [0.1, 0.15) is 29.4 Å². The molecule has 34 heavy (non-hydrogen) atoms. The molecular formula is C22H19F3N4O5. The summed E-state index contributed by atoms with van der Waals surface area (Å²) in [5, 5.41) is 13.6. The highest BCUT2D eigenvalue weighted by atomic mass is 19.4. The van der Waals surface area contributed by atoms with E-state index in [-0.39, 0.29) is 36.0 Å². The lowest BCUT2D eigenvalue weighted by Crippen LogP contribution is -2.22. The number of hydrogen-bond acceptors (Lipinski definition) is 6. The van der Waals surface area contributed by atoms with Crippen LogP contribution in [0, 0.1) is 0 Å².